The molecule has 2 aromatic carbocycles. The standard InChI is InChI=1S/C29H22Cl2F3N3O4/c30-19-5-2-6-20(31)22(19)24-23(25(41-37-24)13-7-8-13)27(35)40-21-10-9-16(26(36-21)29(32,33)34)18-12-17(18)14-3-1-4-15(11-14)28(38)39/h1-6,9-11,13,17-18,27H,7-8,12,35H2,(H,38,39). The summed E-state index contributed by atoms with van der Waals surface area (Å²) in [7, 11) is 0. The van der Waals surface area contributed by atoms with Crippen LogP contribution in [0.2, 0.25) is 10.0 Å². The van der Waals surface area contributed by atoms with E-state index in [9.17, 15) is 23.1 Å². The molecular formula is C29H22Cl2F3N3O4. The first-order valence-electron chi connectivity index (χ1n) is 12.8. The lowest BCUT2D eigenvalue weighted by molar-refractivity contribution is -0.142. The third-order valence-electron chi connectivity index (χ3n) is 7.36. The summed E-state index contributed by atoms with van der Waals surface area (Å²) >= 11 is 12.8. The Bertz CT molecular complexity index is 1630. The van der Waals surface area contributed by atoms with Crippen molar-refractivity contribution >= 4 is 29.2 Å². The molecule has 0 bridgehead atoms. The van der Waals surface area contributed by atoms with Gasteiger partial charge in [-0.25, -0.2) is 9.78 Å². The van der Waals surface area contributed by atoms with Crippen LogP contribution in [0.3, 0.4) is 0 Å². The first kappa shape index (κ1) is 27.6. The van der Waals surface area contributed by atoms with Crippen LogP contribution in [0.25, 0.3) is 11.3 Å². The first-order valence-corrected chi connectivity index (χ1v) is 13.6. The topological polar surface area (TPSA) is 111 Å². The molecule has 2 aliphatic rings. The molecule has 3 atom stereocenters. The lowest BCUT2D eigenvalue weighted by Crippen LogP contribution is -2.21. The number of halogens is 5. The Kier molecular flexibility index (Phi) is 6.96. The molecule has 3 N–H and O–H groups in total. The number of hydrogen-bond donors (Lipinski definition) is 2. The average molecular weight is 604 g/mol. The van der Waals surface area contributed by atoms with E-state index in [0.29, 0.717) is 38.9 Å². The van der Waals surface area contributed by atoms with Crippen molar-refractivity contribution in [3.8, 4) is 17.1 Å². The monoisotopic (exact) mass is 603 g/mol. The van der Waals surface area contributed by atoms with E-state index >= 15 is 0 Å². The van der Waals surface area contributed by atoms with E-state index in [4.69, 9.17) is 38.2 Å². The summed E-state index contributed by atoms with van der Waals surface area (Å²) in [6.07, 6.45) is -3.92. The van der Waals surface area contributed by atoms with Gasteiger partial charge in [-0.1, -0.05) is 52.6 Å². The third-order valence-corrected chi connectivity index (χ3v) is 7.99. The number of aromatic nitrogens is 2. The van der Waals surface area contributed by atoms with E-state index in [2.05, 4.69) is 10.1 Å². The normalized spacial score (nSPS) is 19.2. The van der Waals surface area contributed by atoms with E-state index in [1.807, 2.05) is 0 Å². The maximum atomic E-state index is 14.2. The molecule has 7 nitrogen and oxygen atoms in total. The molecule has 2 saturated carbocycles. The Morgan fingerprint density at radius 1 is 1.07 bits per heavy atom. The van der Waals surface area contributed by atoms with Gasteiger partial charge in [0.2, 0.25) is 5.88 Å². The molecule has 2 fully saturated rings. The lowest BCUT2D eigenvalue weighted by atomic mass is 10.0. The van der Waals surface area contributed by atoms with E-state index in [1.165, 1.54) is 24.3 Å². The van der Waals surface area contributed by atoms with Crippen LogP contribution < -0.4 is 10.5 Å². The number of hydrogen-bond acceptors (Lipinski definition) is 6. The second-order valence-corrected chi connectivity index (χ2v) is 11.0. The number of alkyl halides is 3. The number of carboxylic acid groups (broad SMARTS) is 1. The van der Waals surface area contributed by atoms with Crippen LogP contribution in [0.5, 0.6) is 5.88 Å². The Balaban J connectivity index is 1.31. The number of ether oxygens (including phenoxy) is 1. The van der Waals surface area contributed by atoms with Crippen molar-refractivity contribution in [2.24, 2.45) is 5.73 Å². The zero-order valence-corrected chi connectivity index (χ0v) is 22.7. The summed E-state index contributed by atoms with van der Waals surface area (Å²) in [5.74, 6) is -1.63. The van der Waals surface area contributed by atoms with E-state index in [1.54, 1.807) is 30.3 Å². The van der Waals surface area contributed by atoms with Crippen LogP contribution in [0, 0.1) is 0 Å². The number of carbonyl (C=O) groups is 1. The van der Waals surface area contributed by atoms with E-state index in [-0.39, 0.29) is 34.5 Å². The average Bonchev–Trinajstić information content (AvgIpc) is 3.86. The molecule has 2 heterocycles. The summed E-state index contributed by atoms with van der Waals surface area (Å²) in [4.78, 5) is 15.2. The smallest absolute Gasteiger partial charge is 0.433 e. The molecule has 212 valence electrons. The van der Waals surface area contributed by atoms with Gasteiger partial charge in [0.15, 0.2) is 11.9 Å². The fourth-order valence-electron chi connectivity index (χ4n) is 5.17. The molecule has 2 aliphatic carbocycles. The molecule has 0 aliphatic heterocycles. The number of nitrogens with zero attached hydrogens (tertiary/aromatic N) is 2. The van der Waals surface area contributed by atoms with Gasteiger partial charge in [-0.3, -0.25) is 5.73 Å². The van der Waals surface area contributed by atoms with Gasteiger partial charge in [0.1, 0.15) is 11.5 Å². The predicted octanol–water partition coefficient (Wildman–Crippen LogP) is 7.95. The summed E-state index contributed by atoms with van der Waals surface area (Å²) in [5, 5.41) is 14.0. The minimum atomic E-state index is -4.76. The van der Waals surface area contributed by atoms with Gasteiger partial charge in [-0.15, -0.1) is 0 Å². The largest absolute Gasteiger partial charge is 0.478 e. The highest BCUT2D eigenvalue weighted by molar-refractivity contribution is 6.39. The van der Waals surface area contributed by atoms with Crippen LogP contribution in [0.1, 0.15) is 81.7 Å². The molecule has 12 heteroatoms. The van der Waals surface area contributed by atoms with Gasteiger partial charge in [-0.2, -0.15) is 13.2 Å². The highest BCUT2D eigenvalue weighted by Crippen LogP contribution is 2.57. The molecule has 0 spiro atoms. The maximum absolute atomic E-state index is 14.2. The Morgan fingerprint density at radius 2 is 1.78 bits per heavy atom. The SMILES string of the molecule is NC(Oc1ccc(C2CC2c2cccc(C(=O)O)c2)c(C(F)(F)F)n1)c1c(-c2c(Cl)cccc2Cl)noc1C1CC1. The third kappa shape index (κ3) is 5.39. The van der Waals surface area contributed by atoms with Gasteiger partial charge in [-0.05, 0) is 66.5 Å². The van der Waals surface area contributed by atoms with Crippen LogP contribution in [-0.4, -0.2) is 21.2 Å². The molecule has 0 amide bonds. The van der Waals surface area contributed by atoms with Crippen molar-refractivity contribution in [3.05, 3.63) is 98.4 Å². The fraction of sp³-hybridized carbons (Fsp3) is 0.276. The number of benzene rings is 2. The van der Waals surface area contributed by atoms with Crippen LogP contribution >= 0.6 is 23.2 Å². The highest BCUT2D eigenvalue weighted by Gasteiger charge is 2.46. The van der Waals surface area contributed by atoms with Crippen molar-refractivity contribution in [2.45, 2.75) is 49.4 Å². The second kappa shape index (κ2) is 10.3. The molecule has 41 heavy (non-hydrogen) atoms. The Morgan fingerprint density at radius 3 is 2.44 bits per heavy atom. The minimum absolute atomic E-state index is 0.0105. The minimum Gasteiger partial charge on any atom is -0.478 e. The lowest BCUT2D eigenvalue weighted by Gasteiger charge is -2.18. The van der Waals surface area contributed by atoms with Gasteiger partial charge < -0.3 is 14.4 Å². The van der Waals surface area contributed by atoms with Gasteiger partial charge in [0.25, 0.3) is 0 Å². The molecule has 0 saturated heterocycles. The summed E-state index contributed by atoms with van der Waals surface area (Å²) in [6, 6.07) is 13.8. The molecule has 0 radical (unpaired) electrons. The fourth-order valence-corrected chi connectivity index (χ4v) is 5.75. The van der Waals surface area contributed by atoms with Crippen molar-refractivity contribution in [1.29, 1.82) is 0 Å². The molecule has 4 aromatic rings. The Labute approximate surface area is 242 Å². The molecule has 2 aromatic heterocycles. The van der Waals surface area contributed by atoms with E-state index in [0.717, 1.165) is 12.8 Å². The zero-order valence-electron chi connectivity index (χ0n) is 21.2. The van der Waals surface area contributed by atoms with E-state index < -0.39 is 30.0 Å². The van der Waals surface area contributed by atoms with Gasteiger partial charge in [0.05, 0.1) is 21.2 Å². The predicted molar refractivity (Wildman–Crippen MR) is 144 cm³/mol. The highest BCUT2D eigenvalue weighted by atomic mass is 35.5. The van der Waals surface area contributed by atoms with Crippen molar-refractivity contribution < 1.29 is 32.3 Å². The van der Waals surface area contributed by atoms with Gasteiger partial charge in [0, 0.05) is 17.5 Å². The number of rotatable bonds is 8. The van der Waals surface area contributed by atoms with Crippen molar-refractivity contribution in [1.82, 2.24) is 10.1 Å². The molecule has 3 unspecified atom stereocenters. The van der Waals surface area contributed by atoms with Crippen LogP contribution in [0.4, 0.5) is 13.2 Å². The number of aromatic carboxylic acids is 1. The van der Waals surface area contributed by atoms with Crippen molar-refractivity contribution in [2.75, 3.05) is 0 Å². The number of nitrogens with two attached hydrogens (primary N) is 1. The summed E-state index contributed by atoms with van der Waals surface area (Å²) in [5.41, 5.74) is 7.07. The zero-order chi connectivity index (χ0) is 29.1. The van der Waals surface area contributed by atoms with Crippen LogP contribution in [0.15, 0.2) is 59.1 Å². The first-order chi connectivity index (χ1) is 19.5. The molecular weight excluding hydrogens is 582 g/mol. The number of carboxylic acids is 1. The second-order valence-electron chi connectivity index (χ2n) is 10.2. The molecule has 6 rings (SSSR count). The van der Waals surface area contributed by atoms with Crippen LogP contribution in [-0.2, 0) is 6.18 Å². The van der Waals surface area contributed by atoms with Gasteiger partial charge >= 0.3 is 12.1 Å². The van der Waals surface area contributed by atoms with Crippen molar-refractivity contribution in [3.63, 3.8) is 0 Å². The summed E-state index contributed by atoms with van der Waals surface area (Å²) in [6.45, 7) is 0. The summed E-state index contributed by atoms with van der Waals surface area (Å²) < 4.78 is 54.0. The number of pyridine rings is 1. The maximum Gasteiger partial charge on any atom is 0.433 e. The quantitative estimate of drug-likeness (QED) is 0.196. The Hall–Kier alpha value is -3.60.